The second-order valence-corrected chi connectivity index (χ2v) is 8.04. The summed E-state index contributed by atoms with van der Waals surface area (Å²) in [5, 5.41) is 4.14. The van der Waals surface area contributed by atoms with Crippen LogP contribution in [0.15, 0.2) is 24.3 Å². The summed E-state index contributed by atoms with van der Waals surface area (Å²) in [4.78, 5) is 32.8. The zero-order valence-corrected chi connectivity index (χ0v) is 16.2. The maximum Gasteiger partial charge on any atom is 0.409 e. The number of piperidine rings is 1. The highest BCUT2D eigenvalue weighted by atomic mass is 32.1. The van der Waals surface area contributed by atoms with Crippen molar-refractivity contribution in [3.8, 4) is 0 Å². The van der Waals surface area contributed by atoms with Gasteiger partial charge in [0, 0.05) is 32.2 Å². The molecule has 1 N–H and O–H groups in total. The summed E-state index contributed by atoms with van der Waals surface area (Å²) in [6.07, 6.45) is 1.30. The van der Waals surface area contributed by atoms with Crippen molar-refractivity contribution in [2.24, 2.45) is 5.92 Å². The third-order valence-corrected chi connectivity index (χ3v) is 6.27. The predicted molar refractivity (Wildman–Crippen MR) is 105 cm³/mol. The number of amides is 2. The minimum Gasteiger partial charge on any atom is -0.450 e. The number of nitrogens with zero attached hydrogens (tertiary/aromatic N) is 3. The number of hydrogen-bond acceptors (Lipinski definition) is 6. The molecule has 1 aromatic heterocycles. The van der Waals surface area contributed by atoms with Crippen LogP contribution < -0.4 is 10.2 Å². The highest BCUT2D eigenvalue weighted by molar-refractivity contribution is 7.22. The Morgan fingerprint density at radius 2 is 2.00 bits per heavy atom. The molecule has 3 heterocycles. The first kappa shape index (κ1) is 18.0. The van der Waals surface area contributed by atoms with Gasteiger partial charge in [-0.25, -0.2) is 9.78 Å². The van der Waals surface area contributed by atoms with Gasteiger partial charge in [0.1, 0.15) is 0 Å². The first-order valence-electron chi connectivity index (χ1n) is 9.46. The van der Waals surface area contributed by atoms with Gasteiger partial charge >= 0.3 is 6.09 Å². The molecule has 4 rings (SSSR count). The normalized spacial score (nSPS) is 18.4. The van der Waals surface area contributed by atoms with Crippen molar-refractivity contribution in [2.75, 3.05) is 37.7 Å². The summed E-state index contributed by atoms with van der Waals surface area (Å²) in [6.45, 7) is 4.89. The summed E-state index contributed by atoms with van der Waals surface area (Å²) >= 11 is 1.67. The maximum atomic E-state index is 12.5. The summed E-state index contributed by atoms with van der Waals surface area (Å²) in [5.74, 6) is 0.127. The van der Waals surface area contributed by atoms with Gasteiger partial charge in [0.05, 0.1) is 22.7 Å². The molecule has 0 spiro atoms. The van der Waals surface area contributed by atoms with Crippen molar-refractivity contribution in [3.05, 3.63) is 24.3 Å². The van der Waals surface area contributed by atoms with Gasteiger partial charge < -0.3 is 19.9 Å². The number of nitrogens with one attached hydrogen (secondary N) is 1. The lowest BCUT2D eigenvalue weighted by molar-refractivity contribution is -0.126. The quantitative estimate of drug-likeness (QED) is 0.871. The fraction of sp³-hybridized carbons (Fsp3) is 0.526. The number of carbonyl (C=O) groups excluding carboxylic acids is 2. The molecule has 7 nitrogen and oxygen atoms in total. The Balaban J connectivity index is 1.23. The zero-order valence-electron chi connectivity index (χ0n) is 15.4. The fourth-order valence-corrected chi connectivity index (χ4v) is 4.52. The Hall–Kier alpha value is -2.35. The number of ether oxygens (including phenoxy) is 1. The van der Waals surface area contributed by atoms with Crippen molar-refractivity contribution in [2.45, 2.75) is 25.8 Å². The largest absolute Gasteiger partial charge is 0.450 e. The van der Waals surface area contributed by atoms with E-state index in [4.69, 9.17) is 4.74 Å². The number of benzene rings is 1. The molecular weight excluding hydrogens is 364 g/mol. The van der Waals surface area contributed by atoms with Crippen molar-refractivity contribution in [1.82, 2.24) is 15.2 Å². The molecule has 0 aliphatic carbocycles. The van der Waals surface area contributed by atoms with Crippen LogP contribution in [0.5, 0.6) is 0 Å². The fourth-order valence-electron chi connectivity index (χ4n) is 3.54. The molecule has 0 saturated carbocycles. The van der Waals surface area contributed by atoms with Gasteiger partial charge in [0.15, 0.2) is 5.13 Å². The third kappa shape index (κ3) is 3.85. The van der Waals surface area contributed by atoms with E-state index >= 15 is 0 Å². The summed E-state index contributed by atoms with van der Waals surface area (Å²) in [7, 11) is 0. The van der Waals surface area contributed by atoms with E-state index < -0.39 is 0 Å². The smallest absolute Gasteiger partial charge is 0.409 e. The molecule has 0 bridgehead atoms. The lowest BCUT2D eigenvalue weighted by atomic mass is 9.98. The van der Waals surface area contributed by atoms with E-state index in [9.17, 15) is 9.59 Å². The standard InChI is InChI=1S/C19H24N4O3S/c1-2-26-19(25)22-9-7-14(8-10-22)20-17(24)13-11-23(12-13)18-21-15-5-3-4-6-16(15)27-18/h3-6,13-14H,2,7-12H2,1H3,(H,20,24). The minimum absolute atomic E-state index is 0.0140. The van der Waals surface area contributed by atoms with E-state index in [0.717, 1.165) is 23.5 Å². The van der Waals surface area contributed by atoms with E-state index in [1.807, 2.05) is 18.2 Å². The van der Waals surface area contributed by atoms with E-state index in [1.165, 1.54) is 4.70 Å². The molecule has 1 aromatic carbocycles. The molecule has 0 unspecified atom stereocenters. The van der Waals surface area contributed by atoms with Crippen LogP contribution in [0.2, 0.25) is 0 Å². The first-order chi connectivity index (χ1) is 13.1. The van der Waals surface area contributed by atoms with Crippen molar-refractivity contribution < 1.29 is 14.3 Å². The minimum atomic E-state index is -0.257. The number of para-hydroxylation sites is 1. The number of aromatic nitrogens is 1. The van der Waals surface area contributed by atoms with Crippen molar-refractivity contribution >= 4 is 38.7 Å². The topological polar surface area (TPSA) is 74.8 Å². The van der Waals surface area contributed by atoms with E-state index in [1.54, 1.807) is 23.2 Å². The molecule has 8 heteroatoms. The number of likely N-dealkylation sites (tertiary alicyclic amines) is 1. The summed E-state index contributed by atoms with van der Waals surface area (Å²) < 4.78 is 6.20. The molecule has 2 aliphatic heterocycles. The van der Waals surface area contributed by atoms with E-state index in [2.05, 4.69) is 21.3 Å². The van der Waals surface area contributed by atoms with Gasteiger partial charge in [-0.3, -0.25) is 4.79 Å². The van der Waals surface area contributed by atoms with Crippen molar-refractivity contribution in [1.29, 1.82) is 0 Å². The molecule has 2 amide bonds. The Morgan fingerprint density at radius 1 is 1.26 bits per heavy atom. The van der Waals surface area contributed by atoms with Crippen LogP contribution in [-0.4, -0.2) is 60.7 Å². The van der Waals surface area contributed by atoms with Crippen molar-refractivity contribution in [3.63, 3.8) is 0 Å². The number of fused-ring (bicyclic) bond motifs is 1. The second-order valence-electron chi connectivity index (χ2n) is 7.03. The first-order valence-corrected chi connectivity index (χ1v) is 10.3. The van der Waals surface area contributed by atoms with E-state index in [-0.39, 0.29) is 24.0 Å². The molecule has 2 fully saturated rings. The molecule has 2 aromatic rings. The Bertz CT molecular complexity index is 792. The van der Waals surface area contributed by atoms with Gasteiger partial charge in [0.25, 0.3) is 0 Å². The lowest BCUT2D eigenvalue weighted by Gasteiger charge is -2.39. The molecule has 0 radical (unpaired) electrons. The summed E-state index contributed by atoms with van der Waals surface area (Å²) in [5.41, 5.74) is 1.01. The highest BCUT2D eigenvalue weighted by Gasteiger charge is 2.35. The van der Waals surface area contributed by atoms with Gasteiger partial charge in [-0.1, -0.05) is 23.5 Å². The van der Waals surface area contributed by atoms with Crippen LogP contribution in [0.3, 0.4) is 0 Å². The molecule has 144 valence electrons. The van der Waals surface area contributed by atoms with Gasteiger partial charge in [-0.15, -0.1) is 0 Å². The molecule has 27 heavy (non-hydrogen) atoms. The van der Waals surface area contributed by atoms with Gasteiger partial charge in [-0.2, -0.15) is 0 Å². The number of anilines is 1. The van der Waals surface area contributed by atoms with Crippen LogP contribution in [0.25, 0.3) is 10.2 Å². The number of rotatable bonds is 4. The van der Waals surface area contributed by atoms with Crippen LogP contribution in [-0.2, 0) is 9.53 Å². The van der Waals surface area contributed by atoms with E-state index in [0.29, 0.717) is 32.8 Å². The zero-order chi connectivity index (χ0) is 18.8. The van der Waals surface area contributed by atoms with Crippen LogP contribution in [0.1, 0.15) is 19.8 Å². The molecule has 0 atom stereocenters. The van der Waals surface area contributed by atoms with Gasteiger partial charge in [0.2, 0.25) is 5.91 Å². The van der Waals surface area contributed by atoms with Crippen LogP contribution >= 0.6 is 11.3 Å². The Labute approximate surface area is 162 Å². The monoisotopic (exact) mass is 388 g/mol. The maximum absolute atomic E-state index is 12.5. The molecule has 2 aliphatic rings. The predicted octanol–water partition coefficient (Wildman–Crippen LogP) is 2.47. The Morgan fingerprint density at radius 3 is 2.70 bits per heavy atom. The van der Waals surface area contributed by atoms with Crippen LogP contribution in [0, 0.1) is 5.92 Å². The van der Waals surface area contributed by atoms with Gasteiger partial charge in [-0.05, 0) is 31.9 Å². The number of carbonyl (C=O) groups is 2. The average molecular weight is 388 g/mol. The SMILES string of the molecule is CCOC(=O)N1CCC(NC(=O)C2CN(c3nc4ccccc4s3)C2)CC1. The van der Waals surface area contributed by atoms with Crippen LogP contribution in [0.4, 0.5) is 9.93 Å². The molecule has 2 saturated heterocycles. The second kappa shape index (κ2) is 7.72. The highest BCUT2D eigenvalue weighted by Crippen LogP contribution is 2.32. The number of thiazole rings is 1. The number of hydrogen-bond donors (Lipinski definition) is 1. The average Bonchev–Trinajstić information content (AvgIpc) is 3.04. The Kier molecular flexibility index (Phi) is 5.15. The third-order valence-electron chi connectivity index (χ3n) is 5.17. The lowest BCUT2D eigenvalue weighted by Crippen LogP contribution is -2.56. The summed E-state index contributed by atoms with van der Waals surface area (Å²) in [6, 6.07) is 8.24. The molecular formula is C19H24N4O3S.